The molecule has 1 aliphatic heterocycles. The molecule has 0 saturated carbocycles. The molecule has 0 aliphatic carbocycles. The number of hydrogen-bond acceptors (Lipinski definition) is 6. The minimum Gasteiger partial charge on any atom is -0.543 e. The van der Waals surface area contributed by atoms with Crippen LogP contribution in [-0.2, 0) is 6.18 Å². The van der Waals surface area contributed by atoms with E-state index in [9.17, 15) is 23.1 Å². The number of fused-ring (bicyclic) bond motifs is 2. The van der Waals surface area contributed by atoms with Gasteiger partial charge in [0.15, 0.2) is 22.8 Å². The van der Waals surface area contributed by atoms with Gasteiger partial charge in [-0.25, -0.2) is 9.50 Å². The van der Waals surface area contributed by atoms with Crippen molar-refractivity contribution >= 4 is 11.6 Å². The molecule has 0 saturated heterocycles. The summed E-state index contributed by atoms with van der Waals surface area (Å²) in [5, 5.41) is 14.3. The summed E-state index contributed by atoms with van der Waals surface area (Å²) in [5.74, 6) is -0.829. The van der Waals surface area contributed by atoms with Gasteiger partial charge in [-0.2, -0.15) is 18.3 Å². The highest BCUT2D eigenvalue weighted by Crippen LogP contribution is 2.37. The highest BCUT2D eigenvalue weighted by atomic mass is 19.4. The standard InChI is InChI=1S/C15H8F3N3O4/c16-15(17,18)12-4-8(7-1-2-10-11(3-7)25-6-24-10)19-13-5-9(14(22)23)20-21(12)13/h1-5H,6H2,(H,22,23)/p-1. The lowest BCUT2D eigenvalue weighted by Crippen LogP contribution is -2.23. The number of nitrogens with zero attached hydrogens (tertiary/aromatic N) is 3. The molecule has 0 atom stereocenters. The summed E-state index contributed by atoms with van der Waals surface area (Å²) >= 11 is 0. The molecule has 3 aromatic rings. The largest absolute Gasteiger partial charge is 0.543 e. The van der Waals surface area contributed by atoms with Crippen LogP contribution in [0.15, 0.2) is 30.3 Å². The van der Waals surface area contributed by atoms with E-state index in [0.29, 0.717) is 21.6 Å². The second kappa shape index (κ2) is 5.10. The number of carboxylic acid groups (broad SMARTS) is 1. The van der Waals surface area contributed by atoms with Crippen LogP contribution in [-0.4, -0.2) is 27.4 Å². The minimum absolute atomic E-state index is 0.0112. The van der Waals surface area contributed by atoms with Crippen molar-refractivity contribution in [2.75, 3.05) is 6.79 Å². The number of aromatic nitrogens is 3. The van der Waals surface area contributed by atoms with Gasteiger partial charge in [-0.15, -0.1) is 0 Å². The first-order valence-electron chi connectivity index (χ1n) is 6.92. The van der Waals surface area contributed by atoms with E-state index < -0.39 is 23.5 Å². The SMILES string of the molecule is O=C([O-])c1cc2nc(-c3ccc4c(c3)OCO4)cc(C(F)(F)F)n2n1. The van der Waals surface area contributed by atoms with Crippen LogP contribution in [0.4, 0.5) is 13.2 Å². The van der Waals surface area contributed by atoms with Crippen molar-refractivity contribution in [3.8, 4) is 22.8 Å². The van der Waals surface area contributed by atoms with Crippen molar-refractivity contribution in [3.63, 3.8) is 0 Å². The first kappa shape index (κ1) is 15.2. The molecule has 1 aliphatic rings. The number of carbonyl (C=O) groups is 1. The summed E-state index contributed by atoms with van der Waals surface area (Å²) in [6, 6.07) is 6.29. The Morgan fingerprint density at radius 2 is 1.92 bits per heavy atom. The molecule has 0 unspecified atom stereocenters. The van der Waals surface area contributed by atoms with E-state index in [2.05, 4.69) is 10.1 Å². The van der Waals surface area contributed by atoms with Crippen LogP contribution in [0.2, 0.25) is 0 Å². The second-order valence-corrected chi connectivity index (χ2v) is 5.18. The van der Waals surface area contributed by atoms with Crippen LogP contribution < -0.4 is 14.6 Å². The molecule has 0 N–H and O–H groups in total. The quantitative estimate of drug-likeness (QED) is 0.696. The Morgan fingerprint density at radius 3 is 2.64 bits per heavy atom. The van der Waals surface area contributed by atoms with Crippen LogP contribution in [0.1, 0.15) is 16.2 Å². The third-order valence-electron chi connectivity index (χ3n) is 3.60. The van der Waals surface area contributed by atoms with Gasteiger partial charge in [0.25, 0.3) is 0 Å². The molecular formula is C15H7F3N3O4-. The summed E-state index contributed by atoms with van der Waals surface area (Å²) in [6.07, 6.45) is -4.76. The van der Waals surface area contributed by atoms with Crippen molar-refractivity contribution < 1.29 is 32.5 Å². The molecule has 0 spiro atoms. The first-order valence-corrected chi connectivity index (χ1v) is 6.92. The van der Waals surface area contributed by atoms with Crippen LogP contribution >= 0.6 is 0 Å². The average molecular weight is 350 g/mol. The molecule has 0 bridgehead atoms. The molecule has 3 heterocycles. The Kier molecular flexibility index (Phi) is 3.11. The van der Waals surface area contributed by atoms with Crippen LogP contribution in [0.3, 0.4) is 0 Å². The molecule has 7 nitrogen and oxygen atoms in total. The number of alkyl halides is 3. The van der Waals surface area contributed by atoms with E-state index in [1.807, 2.05) is 0 Å². The fourth-order valence-corrected chi connectivity index (χ4v) is 2.48. The normalized spacial score (nSPS) is 13.4. The molecule has 128 valence electrons. The molecule has 0 amide bonds. The lowest BCUT2D eigenvalue weighted by atomic mass is 10.1. The van der Waals surface area contributed by atoms with Crippen LogP contribution in [0, 0.1) is 0 Å². The highest BCUT2D eigenvalue weighted by molar-refractivity contribution is 5.85. The highest BCUT2D eigenvalue weighted by Gasteiger charge is 2.35. The number of hydrogen-bond donors (Lipinski definition) is 0. The average Bonchev–Trinajstić information content (AvgIpc) is 3.18. The Bertz CT molecular complexity index is 1010. The Hall–Kier alpha value is -3.30. The van der Waals surface area contributed by atoms with Crippen molar-refractivity contribution in [2.45, 2.75) is 6.18 Å². The number of aromatic carboxylic acids is 1. The topological polar surface area (TPSA) is 88.8 Å². The van der Waals surface area contributed by atoms with E-state index in [1.165, 1.54) is 12.1 Å². The van der Waals surface area contributed by atoms with E-state index in [-0.39, 0.29) is 18.1 Å². The maximum Gasteiger partial charge on any atom is 0.433 e. The van der Waals surface area contributed by atoms with E-state index in [1.54, 1.807) is 6.07 Å². The summed E-state index contributed by atoms with van der Waals surface area (Å²) in [6.45, 7) is 0.0244. The molecule has 1 aromatic carbocycles. The molecule has 4 rings (SSSR count). The smallest absolute Gasteiger partial charge is 0.433 e. The zero-order chi connectivity index (χ0) is 17.8. The molecular weight excluding hydrogens is 343 g/mol. The van der Waals surface area contributed by atoms with Crippen LogP contribution in [0.5, 0.6) is 11.5 Å². The maximum atomic E-state index is 13.3. The number of benzene rings is 1. The molecule has 10 heteroatoms. The zero-order valence-electron chi connectivity index (χ0n) is 12.2. The fourth-order valence-electron chi connectivity index (χ4n) is 2.48. The Morgan fingerprint density at radius 1 is 1.16 bits per heavy atom. The predicted octanol–water partition coefficient (Wildman–Crippen LogP) is 1.51. The third-order valence-corrected chi connectivity index (χ3v) is 3.60. The first-order chi connectivity index (χ1) is 11.8. The van der Waals surface area contributed by atoms with Gasteiger partial charge < -0.3 is 19.4 Å². The Labute approximate surface area is 137 Å². The van der Waals surface area contributed by atoms with Gasteiger partial charge in [0.05, 0.1) is 11.7 Å². The third kappa shape index (κ3) is 2.51. The molecule has 25 heavy (non-hydrogen) atoms. The Balaban J connectivity index is 1.94. The van der Waals surface area contributed by atoms with Gasteiger partial charge in [0, 0.05) is 11.6 Å². The van der Waals surface area contributed by atoms with E-state index >= 15 is 0 Å². The van der Waals surface area contributed by atoms with Crippen molar-refractivity contribution in [1.29, 1.82) is 0 Å². The molecule has 2 aromatic heterocycles. The fraction of sp³-hybridized carbons (Fsp3) is 0.133. The number of ether oxygens (including phenoxy) is 2. The number of rotatable bonds is 2. The van der Waals surface area contributed by atoms with Gasteiger partial charge in [0.1, 0.15) is 5.69 Å². The lowest BCUT2D eigenvalue weighted by molar-refractivity contribution is -0.255. The van der Waals surface area contributed by atoms with Gasteiger partial charge in [-0.1, -0.05) is 0 Å². The zero-order valence-corrected chi connectivity index (χ0v) is 12.2. The predicted molar refractivity (Wildman–Crippen MR) is 73.9 cm³/mol. The van der Waals surface area contributed by atoms with Crippen LogP contribution in [0.25, 0.3) is 16.9 Å². The number of carbonyl (C=O) groups excluding carboxylic acids is 1. The van der Waals surface area contributed by atoms with Gasteiger partial charge >= 0.3 is 6.18 Å². The summed E-state index contributed by atoms with van der Waals surface area (Å²) in [5.41, 5.74) is -1.71. The number of carboxylic acids is 1. The van der Waals surface area contributed by atoms with Gasteiger partial charge in [-0.3, -0.25) is 0 Å². The van der Waals surface area contributed by atoms with E-state index in [4.69, 9.17) is 9.47 Å². The van der Waals surface area contributed by atoms with Crippen molar-refractivity contribution in [3.05, 3.63) is 41.7 Å². The second-order valence-electron chi connectivity index (χ2n) is 5.18. The minimum atomic E-state index is -4.76. The summed E-state index contributed by atoms with van der Waals surface area (Å²) in [7, 11) is 0. The molecule has 0 fully saturated rings. The van der Waals surface area contributed by atoms with Crippen molar-refractivity contribution in [1.82, 2.24) is 14.6 Å². The molecule has 0 radical (unpaired) electrons. The van der Waals surface area contributed by atoms with Gasteiger partial charge in [0.2, 0.25) is 6.79 Å². The monoisotopic (exact) mass is 350 g/mol. The number of halogens is 3. The summed E-state index contributed by atoms with van der Waals surface area (Å²) in [4.78, 5) is 14.9. The summed E-state index contributed by atoms with van der Waals surface area (Å²) < 4.78 is 50.8. The van der Waals surface area contributed by atoms with Gasteiger partial charge in [-0.05, 0) is 24.3 Å². The maximum absolute atomic E-state index is 13.3. The van der Waals surface area contributed by atoms with E-state index in [0.717, 1.165) is 12.1 Å². The van der Waals surface area contributed by atoms with Crippen molar-refractivity contribution in [2.24, 2.45) is 0 Å². The lowest BCUT2D eigenvalue weighted by Gasteiger charge is -2.11.